The SMILES string of the molecule is C/C(C#N)=C1/C=C(N(CCF)CC(F)(F)C(F)(F)C(F)(F)F)CC(C)(C)C1. The van der Waals surface area contributed by atoms with Gasteiger partial charge in [-0.05, 0) is 36.8 Å². The first kappa shape index (κ1) is 23.2. The monoisotopic (exact) mass is 404 g/mol. The molecular weight excluding hydrogens is 384 g/mol. The second-order valence-corrected chi connectivity index (χ2v) is 7.30. The number of allylic oxidation sites excluding steroid dienone is 4. The molecule has 0 unspecified atom stereocenters. The number of nitriles is 1. The van der Waals surface area contributed by atoms with E-state index in [0.29, 0.717) is 16.9 Å². The summed E-state index contributed by atoms with van der Waals surface area (Å²) in [5, 5.41) is 9.01. The van der Waals surface area contributed by atoms with E-state index in [1.807, 2.05) is 6.07 Å². The predicted molar refractivity (Wildman–Crippen MR) is 82.9 cm³/mol. The first-order valence-corrected chi connectivity index (χ1v) is 8.01. The van der Waals surface area contributed by atoms with E-state index in [9.17, 15) is 35.1 Å². The fourth-order valence-corrected chi connectivity index (χ4v) is 2.86. The van der Waals surface area contributed by atoms with Gasteiger partial charge in [-0.15, -0.1) is 0 Å². The molecule has 0 bridgehead atoms. The molecule has 1 rings (SSSR count). The molecule has 27 heavy (non-hydrogen) atoms. The van der Waals surface area contributed by atoms with Crippen molar-refractivity contribution >= 4 is 0 Å². The van der Waals surface area contributed by atoms with Crippen molar-refractivity contribution in [3.63, 3.8) is 0 Å². The Bertz CT molecular complexity index is 653. The lowest BCUT2D eigenvalue weighted by Crippen LogP contribution is -2.57. The maximum absolute atomic E-state index is 13.8. The number of halogens is 8. The van der Waals surface area contributed by atoms with Crippen LogP contribution in [0.4, 0.5) is 35.1 Å². The molecule has 0 saturated heterocycles. The quantitative estimate of drug-likeness (QED) is 0.424. The van der Waals surface area contributed by atoms with Gasteiger partial charge in [-0.2, -0.15) is 36.0 Å². The van der Waals surface area contributed by atoms with Crippen LogP contribution in [-0.4, -0.2) is 42.7 Å². The first-order valence-electron chi connectivity index (χ1n) is 8.01. The third kappa shape index (κ3) is 5.14. The average molecular weight is 404 g/mol. The molecule has 0 saturated carbocycles. The summed E-state index contributed by atoms with van der Waals surface area (Å²) in [5.41, 5.74) is 0.117. The van der Waals surface area contributed by atoms with Crippen LogP contribution in [0.3, 0.4) is 0 Å². The maximum Gasteiger partial charge on any atom is 0.459 e. The van der Waals surface area contributed by atoms with Crippen LogP contribution in [0.2, 0.25) is 0 Å². The summed E-state index contributed by atoms with van der Waals surface area (Å²) in [4.78, 5) is 0.505. The fourth-order valence-electron chi connectivity index (χ4n) is 2.86. The highest BCUT2D eigenvalue weighted by Gasteiger charge is 2.73. The highest BCUT2D eigenvalue weighted by atomic mass is 19.4. The van der Waals surface area contributed by atoms with Gasteiger partial charge in [0, 0.05) is 17.8 Å². The van der Waals surface area contributed by atoms with Crippen LogP contribution in [0, 0.1) is 16.7 Å². The minimum Gasteiger partial charge on any atom is -0.366 e. The Balaban J connectivity index is 3.32. The van der Waals surface area contributed by atoms with E-state index in [4.69, 9.17) is 5.26 Å². The lowest BCUT2D eigenvalue weighted by molar-refractivity contribution is -0.355. The van der Waals surface area contributed by atoms with E-state index in [-0.39, 0.29) is 17.7 Å². The van der Waals surface area contributed by atoms with Gasteiger partial charge >= 0.3 is 18.0 Å². The Kier molecular flexibility index (Phi) is 6.61. The van der Waals surface area contributed by atoms with E-state index in [1.54, 1.807) is 13.8 Å². The minimum absolute atomic E-state index is 0.00819. The van der Waals surface area contributed by atoms with Gasteiger partial charge in [-0.25, -0.2) is 4.39 Å². The summed E-state index contributed by atoms with van der Waals surface area (Å²) >= 11 is 0. The molecule has 0 aromatic carbocycles. The highest BCUT2D eigenvalue weighted by molar-refractivity contribution is 5.38. The van der Waals surface area contributed by atoms with Crippen molar-refractivity contribution < 1.29 is 35.1 Å². The van der Waals surface area contributed by atoms with Crippen molar-refractivity contribution in [3.8, 4) is 6.07 Å². The largest absolute Gasteiger partial charge is 0.459 e. The van der Waals surface area contributed by atoms with Crippen molar-refractivity contribution in [1.82, 2.24) is 4.90 Å². The van der Waals surface area contributed by atoms with Crippen LogP contribution in [0.25, 0.3) is 0 Å². The first-order chi connectivity index (χ1) is 12.1. The molecule has 2 nitrogen and oxygen atoms in total. The predicted octanol–water partition coefficient (Wildman–Crippen LogP) is 5.63. The summed E-state index contributed by atoms with van der Waals surface area (Å²) < 4.78 is 104. The molecule has 1 aliphatic rings. The molecule has 10 heteroatoms. The fraction of sp³-hybridized carbons (Fsp3) is 0.706. The molecule has 0 N–H and O–H groups in total. The Morgan fingerprint density at radius 3 is 2.15 bits per heavy atom. The van der Waals surface area contributed by atoms with E-state index in [2.05, 4.69) is 0 Å². The van der Waals surface area contributed by atoms with Crippen LogP contribution in [0.1, 0.15) is 33.6 Å². The van der Waals surface area contributed by atoms with Gasteiger partial charge in [-0.1, -0.05) is 13.8 Å². The van der Waals surface area contributed by atoms with E-state index >= 15 is 0 Å². The van der Waals surface area contributed by atoms with Gasteiger partial charge in [0.2, 0.25) is 0 Å². The molecular formula is C17H20F8N2. The van der Waals surface area contributed by atoms with Gasteiger partial charge in [-0.3, -0.25) is 0 Å². The van der Waals surface area contributed by atoms with Crippen LogP contribution in [-0.2, 0) is 0 Å². The van der Waals surface area contributed by atoms with Crippen LogP contribution in [0.15, 0.2) is 22.9 Å². The Morgan fingerprint density at radius 1 is 1.15 bits per heavy atom. The molecule has 0 heterocycles. The topological polar surface area (TPSA) is 27.0 Å². The molecule has 0 aromatic rings. The summed E-state index contributed by atoms with van der Waals surface area (Å²) in [6.07, 6.45) is -4.71. The van der Waals surface area contributed by atoms with E-state index < -0.39 is 43.2 Å². The Hall–Kier alpha value is -1.79. The third-order valence-corrected chi connectivity index (χ3v) is 4.28. The molecule has 0 aromatic heterocycles. The molecule has 0 fully saturated rings. The van der Waals surface area contributed by atoms with Gasteiger partial charge in [0.1, 0.15) is 6.67 Å². The van der Waals surface area contributed by atoms with Gasteiger partial charge in [0.15, 0.2) is 0 Å². The van der Waals surface area contributed by atoms with Gasteiger partial charge < -0.3 is 4.90 Å². The maximum atomic E-state index is 13.8. The van der Waals surface area contributed by atoms with Crippen molar-refractivity contribution in [2.45, 2.75) is 51.6 Å². The van der Waals surface area contributed by atoms with Crippen molar-refractivity contribution in [2.75, 3.05) is 19.8 Å². The molecule has 154 valence electrons. The standard InChI is InChI=1S/C17H20F8N2/c1-11(9-26)12-6-13(8-14(2,3)7-12)27(5-4-18)10-15(19,20)16(21,22)17(23,24)25/h6H,4-5,7-8,10H2,1-3H3/b12-11+. The Labute approximate surface area is 152 Å². The summed E-state index contributed by atoms with van der Waals surface area (Å²) in [7, 11) is 0. The third-order valence-electron chi connectivity index (χ3n) is 4.28. The number of alkyl halides is 8. The second-order valence-electron chi connectivity index (χ2n) is 7.30. The molecule has 1 aliphatic carbocycles. The second kappa shape index (κ2) is 7.68. The molecule has 0 amide bonds. The zero-order chi connectivity index (χ0) is 21.3. The smallest absolute Gasteiger partial charge is 0.366 e. The lowest BCUT2D eigenvalue weighted by atomic mass is 9.76. The zero-order valence-corrected chi connectivity index (χ0v) is 15.0. The number of hydrogen-bond donors (Lipinski definition) is 0. The molecule has 0 spiro atoms. The van der Waals surface area contributed by atoms with Gasteiger partial charge in [0.05, 0.1) is 12.6 Å². The molecule has 0 radical (unpaired) electrons. The summed E-state index contributed by atoms with van der Waals surface area (Å²) in [6.45, 7) is 0.925. The van der Waals surface area contributed by atoms with Crippen molar-refractivity contribution in [3.05, 3.63) is 22.9 Å². The molecule has 0 atom stereocenters. The van der Waals surface area contributed by atoms with E-state index in [0.717, 1.165) is 0 Å². The summed E-state index contributed by atoms with van der Waals surface area (Å²) in [5.74, 6) is -11.7. The zero-order valence-electron chi connectivity index (χ0n) is 15.0. The number of nitrogens with zero attached hydrogens (tertiary/aromatic N) is 2. The number of hydrogen-bond acceptors (Lipinski definition) is 2. The van der Waals surface area contributed by atoms with Crippen LogP contribution >= 0.6 is 0 Å². The summed E-state index contributed by atoms with van der Waals surface area (Å²) in [6, 6.07) is 1.88. The number of rotatable bonds is 6. The van der Waals surface area contributed by atoms with Crippen LogP contribution < -0.4 is 0 Å². The Morgan fingerprint density at radius 2 is 1.70 bits per heavy atom. The minimum atomic E-state index is -6.44. The van der Waals surface area contributed by atoms with Crippen LogP contribution in [0.5, 0.6) is 0 Å². The van der Waals surface area contributed by atoms with Crippen molar-refractivity contribution in [2.24, 2.45) is 5.41 Å². The van der Waals surface area contributed by atoms with Gasteiger partial charge in [0.25, 0.3) is 0 Å². The van der Waals surface area contributed by atoms with E-state index in [1.165, 1.54) is 13.0 Å². The normalized spacial score (nSPS) is 20.0. The lowest BCUT2D eigenvalue weighted by Gasteiger charge is -2.39. The average Bonchev–Trinajstić information content (AvgIpc) is 2.50. The molecule has 0 aliphatic heterocycles. The van der Waals surface area contributed by atoms with Crippen molar-refractivity contribution in [1.29, 1.82) is 5.26 Å². The highest BCUT2D eigenvalue weighted by Crippen LogP contribution is 2.48.